The Morgan fingerprint density at radius 2 is 1.83 bits per heavy atom. The SMILES string of the molecule is COc1cc(C(=O)NC(C)(C)c2ncccn2)nc2ccccc12. The lowest BCUT2D eigenvalue weighted by Gasteiger charge is -2.24. The van der Waals surface area contributed by atoms with Crippen molar-refractivity contribution in [2.45, 2.75) is 19.4 Å². The minimum Gasteiger partial charge on any atom is -0.496 e. The van der Waals surface area contributed by atoms with E-state index in [2.05, 4.69) is 20.3 Å². The summed E-state index contributed by atoms with van der Waals surface area (Å²) in [6.07, 6.45) is 3.29. The van der Waals surface area contributed by atoms with E-state index >= 15 is 0 Å². The minimum absolute atomic E-state index is 0.287. The van der Waals surface area contributed by atoms with Gasteiger partial charge in [-0.2, -0.15) is 0 Å². The third kappa shape index (κ3) is 3.03. The maximum Gasteiger partial charge on any atom is 0.270 e. The molecule has 0 radical (unpaired) electrons. The van der Waals surface area contributed by atoms with Crippen LogP contribution < -0.4 is 10.1 Å². The van der Waals surface area contributed by atoms with Gasteiger partial charge in [0.05, 0.1) is 18.2 Å². The number of carbonyl (C=O) groups excluding carboxylic acids is 1. The smallest absolute Gasteiger partial charge is 0.270 e. The van der Waals surface area contributed by atoms with Crippen LogP contribution >= 0.6 is 0 Å². The number of ether oxygens (including phenoxy) is 1. The quantitative estimate of drug-likeness (QED) is 0.799. The van der Waals surface area contributed by atoms with Crippen LogP contribution in [0.1, 0.15) is 30.2 Å². The molecule has 0 saturated heterocycles. The van der Waals surface area contributed by atoms with Crippen LogP contribution in [0.3, 0.4) is 0 Å². The third-order valence-corrected chi connectivity index (χ3v) is 3.68. The number of benzene rings is 1. The highest BCUT2D eigenvalue weighted by atomic mass is 16.5. The van der Waals surface area contributed by atoms with Crippen LogP contribution in [-0.2, 0) is 5.54 Å². The highest BCUT2D eigenvalue weighted by Gasteiger charge is 2.27. The number of rotatable bonds is 4. The molecule has 0 saturated carbocycles. The molecule has 0 aliphatic rings. The Kier molecular flexibility index (Phi) is 4.12. The average molecular weight is 322 g/mol. The molecule has 3 aromatic rings. The van der Waals surface area contributed by atoms with Crippen molar-refractivity contribution in [3.05, 3.63) is 60.3 Å². The largest absolute Gasteiger partial charge is 0.496 e. The predicted octanol–water partition coefficient (Wildman–Crippen LogP) is 2.70. The van der Waals surface area contributed by atoms with Crippen LogP contribution in [0, 0.1) is 0 Å². The van der Waals surface area contributed by atoms with E-state index in [9.17, 15) is 4.79 Å². The fourth-order valence-corrected chi connectivity index (χ4v) is 2.45. The molecule has 2 heterocycles. The maximum absolute atomic E-state index is 12.7. The molecule has 6 nitrogen and oxygen atoms in total. The summed E-state index contributed by atoms with van der Waals surface area (Å²) in [5.74, 6) is 0.835. The molecular weight excluding hydrogens is 304 g/mol. The second-order valence-corrected chi connectivity index (χ2v) is 5.88. The van der Waals surface area contributed by atoms with Gasteiger partial charge in [0.1, 0.15) is 11.4 Å². The van der Waals surface area contributed by atoms with Gasteiger partial charge in [-0.05, 0) is 32.0 Å². The minimum atomic E-state index is -0.723. The Morgan fingerprint density at radius 1 is 1.12 bits per heavy atom. The van der Waals surface area contributed by atoms with Gasteiger partial charge < -0.3 is 10.1 Å². The monoisotopic (exact) mass is 322 g/mol. The van der Waals surface area contributed by atoms with Crippen LogP contribution in [0.2, 0.25) is 0 Å². The Labute approximate surface area is 139 Å². The summed E-state index contributed by atoms with van der Waals surface area (Å²) in [6, 6.07) is 10.9. The second-order valence-electron chi connectivity index (χ2n) is 5.88. The molecule has 2 aromatic heterocycles. The van der Waals surface area contributed by atoms with Crippen molar-refractivity contribution < 1.29 is 9.53 Å². The molecule has 24 heavy (non-hydrogen) atoms. The Morgan fingerprint density at radius 3 is 2.54 bits per heavy atom. The fraction of sp³-hybridized carbons (Fsp3) is 0.222. The van der Waals surface area contributed by atoms with E-state index in [1.165, 1.54) is 0 Å². The highest BCUT2D eigenvalue weighted by molar-refractivity contribution is 5.97. The zero-order valence-electron chi connectivity index (χ0n) is 13.8. The van der Waals surface area contributed by atoms with Crippen molar-refractivity contribution in [1.29, 1.82) is 0 Å². The molecular formula is C18H18N4O2. The van der Waals surface area contributed by atoms with E-state index in [0.717, 1.165) is 5.39 Å². The summed E-state index contributed by atoms with van der Waals surface area (Å²) in [5.41, 5.74) is 0.268. The maximum atomic E-state index is 12.7. The summed E-state index contributed by atoms with van der Waals surface area (Å²) in [7, 11) is 1.57. The number of fused-ring (bicyclic) bond motifs is 1. The summed E-state index contributed by atoms with van der Waals surface area (Å²) in [6.45, 7) is 3.69. The van der Waals surface area contributed by atoms with E-state index in [4.69, 9.17) is 4.74 Å². The third-order valence-electron chi connectivity index (χ3n) is 3.68. The van der Waals surface area contributed by atoms with Gasteiger partial charge in [-0.1, -0.05) is 12.1 Å². The molecule has 122 valence electrons. The fourth-order valence-electron chi connectivity index (χ4n) is 2.45. The van der Waals surface area contributed by atoms with Crippen molar-refractivity contribution in [2.75, 3.05) is 7.11 Å². The van der Waals surface area contributed by atoms with Crippen LogP contribution in [0.25, 0.3) is 10.9 Å². The van der Waals surface area contributed by atoms with Crippen LogP contribution in [0.4, 0.5) is 0 Å². The van der Waals surface area contributed by atoms with Gasteiger partial charge in [0.15, 0.2) is 5.82 Å². The lowest BCUT2D eigenvalue weighted by atomic mass is 10.0. The van der Waals surface area contributed by atoms with E-state index in [-0.39, 0.29) is 11.6 Å². The van der Waals surface area contributed by atoms with Crippen molar-refractivity contribution in [1.82, 2.24) is 20.3 Å². The Hall–Kier alpha value is -3.02. The lowest BCUT2D eigenvalue weighted by molar-refractivity contribution is 0.0903. The topological polar surface area (TPSA) is 77.0 Å². The first-order valence-electron chi connectivity index (χ1n) is 7.55. The van der Waals surface area contributed by atoms with Crippen molar-refractivity contribution >= 4 is 16.8 Å². The van der Waals surface area contributed by atoms with Gasteiger partial charge in [-0.25, -0.2) is 15.0 Å². The van der Waals surface area contributed by atoms with Crippen molar-refractivity contribution in [2.24, 2.45) is 0 Å². The number of methoxy groups -OCH3 is 1. The molecule has 0 fully saturated rings. The summed E-state index contributed by atoms with van der Waals surface area (Å²) >= 11 is 0. The van der Waals surface area contributed by atoms with Gasteiger partial charge in [0, 0.05) is 23.8 Å². The number of para-hydroxylation sites is 1. The average Bonchev–Trinajstić information content (AvgIpc) is 2.61. The van der Waals surface area contributed by atoms with E-state index in [1.54, 1.807) is 31.6 Å². The molecule has 0 aliphatic heterocycles. The standard InChI is InChI=1S/C18H18N4O2/c1-18(2,17-19-9-6-10-20-17)22-16(23)14-11-15(24-3)12-7-4-5-8-13(12)21-14/h4-11H,1-3H3,(H,22,23). The first-order valence-corrected chi connectivity index (χ1v) is 7.55. The van der Waals surface area contributed by atoms with Gasteiger partial charge in [-0.15, -0.1) is 0 Å². The van der Waals surface area contributed by atoms with Gasteiger partial charge in [0.2, 0.25) is 0 Å². The number of nitrogens with zero attached hydrogens (tertiary/aromatic N) is 3. The van der Waals surface area contributed by atoms with Gasteiger partial charge >= 0.3 is 0 Å². The molecule has 0 unspecified atom stereocenters. The zero-order valence-corrected chi connectivity index (χ0v) is 13.8. The van der Waals surface area contributed by atoms with E-state index in [0.29, 0.717) is 17.1 Å². The number of aromatic nitrogens is 3. The number of nitrogens with one attached hydrogen (secondary N) is 1. The number of hydrogen-bond donors (Lipinski definition) is 1. The molecule has 0 aliphatic carbocycles. The number of pyridine rings is 1. The van der Waals surface area contributed by atoms with Gasteiger partial charge in [-0.3, -0.25) is 4.79 Å². The summed E-state index contributed by atoms with van der Waals surface area (Å²) in [5, 5.41) is 3.79. The second kappa shape index (κ2) is 6.23. The van der Waals surface area contributed by atoms with Gasteiger partial charge in [0.25, 0.3) is 5.91 Å². The lowest BCUT2D eigenvalue weighted by Crippen LogP contribution is -2.42. The van der Waals surface area contributed by atoms with Crippen LogP contribution in [0.15, 0.2) is 48.8 Å². The van der Waals surface area contributed by atoms with Crippen molar-refractivity contribution in [3.63, 3.8) is 0 Å². The summed E-state index contributed by atoms with van der Waals surface area (Å²) in [4.78, 5) is 25.5. The Bertz CT molecular complexity index is 879. The molecule has 0 bridgehead atoms. The zero-order chi connectivity index (χ0) is 17.2. The molecule has 6 heteroatoms. The van der Waals surface area contributed by atoms with Crippen molar-refractivity contribution in [3.8, 4) is 5.75 Å². The molecule has 1 N–H and O–H groups in total. The van der Waals surface area contributed by atoms with Crippen LogP contribution in [-0.4, -0.2) is 28.0 Å². The number of carbonyl (C=O) groups is 1. The molecule has 1 amide bonds. The van der Waals surface area contributed by atoms with E-state index < -0.39 is 5.54 Å². The summed E-state index contributed by atoms with van der Waals surface area (Å²) < 4.78 is 5.39. The predicted molar refractivity (Wildman–Crippen MR) is 90.8 cm³/mol. The molecule has 0 spiro atoms. The normalized spacial score (nSPS) is 11.3. The Balaban J connectivity index is 1.94. The molecule has 0 atom stereocenters. The van der Waals surface area contributed by atoms with Crippen LogP contribution in [0.5, 0.6) is 5.75 Å². The number of amides is 1. The molecule has 1 aromatic carbocycles. The highest BCUT2D eigenvalue weighted by Crippen LogP contribution is 2.25. The first-order chi connectivity index (χ1) is 11.5. The first kappa shape index (κ1) is 15.9. The number of hydrogen-bond acceptors (Lipinski definition) is 5. The van der Waals surface area contributed by atoms with E-state index in [1.807, 2.05) is 38.1 Å². The molecule has 3 rings (SSSR count).